The third kappa shape index (κ3) is 3.14. The van der Waals surface area contributed by atoms with Gasteiger partial charge in [0.2, 0.25) is 0 Å². The summed E-state index contributed by atoms with van der Waals surface area (Å²) in [5, 5.41) is 22.6. The lowest BCUT2D eigenvalue weighted by atomic mass is 10.2. The van der Waals surface area contributed by atoms with Crippen molar-refractivity contribution in [1.29, 1.82) is 5.41 Å². The molecule has 0 heterocycles. The molecule has 0 amide bonds. The van der Waals surface area contributed by atoms with Gasteiger partial charge in [0.15, 0.2) is 5.96 Å². The van der Waals surface area contributed by atoms with Crippen LogP contribution in [0.1, 0.15) is 12.5 Å². The van der Waals surface area contributed by atoms with Gasteiger partial charge in [-0.2, -0.15) is 0 Å². The zero-order chi connectivity index (χ0) is 11.3. The second-order valence-electron chi connectivity index (χ2n) is 3.08. The van der Waals surface area contributed by atoms with E-state index in [4.69, 9.17) is 11.1 Å². The van der Waals surface area contributed by atoms with Crippen LogP contribution in [0.15, 0.2) is 18.2 Å². The van der Waals surface area contributed by atoms with E-state index in [-0.39, 0.29) is 18.3 Å². The summed E-state index contributed by atoms with van der Waals surface area (Å²) in [6, 6.07) is 4.98. The molecule has 0 atom stereocenters. The molecule has 82 valence electrons. The van der Waals surface area contributed by atoms with E-state index in [9.17, 15) is 5.11 Å². The van der Waals surface area contributed by atoms with Gasteiger partial charge in [-0.1, -0.05) is 0 Å². The maximum atomic E-state index is 9.40. The van der Waals surface area contributed by atoms with Gasteiger partial charge >= 0.3 is 0 Å². The van der Waals surface area contributed by atoms with Crippen LogP contribution in [0.2, 0.25) is 0 Å². The maximum Gasteiger partial charge on any atom is 0.192 e. The van der Waals surface area contributed by atoms with E-state index in [0.717, 1.165) is 5.69 Å². The van der Waals surface area contributed by atoms with E-state index in [1.807, 2.05) is 6.92 Å². The van der Waals surface area contributed by atoms with E-state index in [1.54, 1.807) is 18.2 Å². The molecule has 5 nitrogen and oxygen atoms in total. The number of nitrogens with one attached hydrogen (secondary N) is 3. The molecule has 0 aliphatic rings. The Kier molecular flexibility index (Phi) is 3.93. The van der Waals surface area contributed by atoms with Crippen molar-refractivity contribution in [3.63, 3.8) is 0 Å². The number of hydrogen-bond acceptors (Lipinski definition) is 3. The first kappa shape index (κ1) is 11.3. The number of phenols is 1. The van der Waals surface area contributed by atoms with Crippen LogP contribution in [0.3, 0.4) is 0 Å². The predicted molar refractivity (Wildman–Crippen MR) is 61.0 cm³/mol. The Labute approximate surface area is 88.8 Å². The monoisotopic (exact) mass is 208 g/mol. The highest BCUT2D eigenvalue weighted by Crippen LogP contribution is 2.20. The quantitative estimate of drug-likeness (QED) is 0.288. The molecule has 0 unspecified atom stereocenters. The molecule has 6 N–H and O–H groups in total. The van der Waals surface area contributed by atoms with Gasteiger partial charge in [-0.25, -0.2) is 0 Å². The maximum absolute atomic E-state index is 9.40. The highest BCUT2D eigenvalue weighted by molar-refractivity contribution is 5.91. The van der Waals surface area contributed by atoms with Gasteiger partial charge < -0.3 is 21.5 Å². The van der Waals surface area contributed by atoms with Gasteiger partial charge in [0.25, 0.3) is 0 Å². The molecule has 0 spiro atoms. The summed E-state index contributed by atoms with van der Waals surface area (Å²) in [7, 11) is 0. The molecule has 15 heavy (non-hydrogen) atoms. The first-order valence-electron chi connectivity index (χ1n) is 4.78. The van der Waals surface area contributed by atoms with Gasteiger partial charge in [0, 0.05) is 24.3 Å². The fourth-order valence-corrected chi connectivity index (χ4v) is 1.19. The number of hydrogen-bond donors (Lipinski definition) is 5. The molecule has 0 radical (unpaired) electrons. The summed E-state index contributed by atoms with van der Waals surface area (Å²) in [4.78, 5) is 0. The lowest BCUT2D eigenvalue weighted by Crippen LogP contribution is -2.29. The smallest absolute Gasteiger partial charge is 0.192 e. The van der Waals surface area contributed by atoms with Crippen molar-refractivity contribution >= 4 is 11.6 Å². The van der Waals surface area contributed by atoms with Crippen molar-refractivity contribution in [3.8, 4) is 5.75 Å². The minimum Gasteiger partial charge on any atom is -0.508 e. The Morgan fingerprint density at radius 3 is 2.87 bits per heavy atom. The number of nitrogens with two attached hydrogens (primary N) is 1. The van der Waals surface area contributed by atoms with Gasteiger partial charge in [0.05, 0.1) is 0 Å². The number of benzene rings is 1. The standard InChI is InChI=1S/C10H16N4O/c1-2-13-10(12)14-8-3-4-9(15)7(5-8)6-11/h3-5,15H,2,6,11H2,1H3,(H3,12,13,14). The SMILES string of the molecule is CCNC(=N)Nc1ccc(O)c(CN)c1. The molecule has 0 aliphatic carbocycles. The molecule has 0 saturated heterocycles. The average Bonchev–Trinajstić information content (AvgIpc) is 2.21. The minimum absolute atomic E-state index is 0.179. The zero-order valence-electron chi connectivity index (χ0n) is 8.67. The van der Waals surface area contributed by atoms with E-state index < -0.39 is 0 Å². The summed E-state index contributed by atoms with van der Waals surface area (Å²) in [6.45, 7) is 2.88. The number of rotatable bonds is 3. The van der Waals surface area contributed by atoms with E-state index in [0.29, 0.717) is 12.1 Å². The van der Waals surface area contributed by atoms with Crippen LogP contribution in [-0.4, -0.2) is 17.6 Å². The van der Waals surface area contributed by atoms with Crippen LogP contribution < -0.4 is 16.4 Å². The van der Waals surface area contributed by atoms with Crippen molar-refractivity contribution in [2.45, 2.75) is 13.5 Å². The highest BCUT2D eigenvalue weighted by Gasteiger charge is 2.01. The van der Waals surface area contributed by atoms with E-state index in [2.05, 4.69) is 10.6 Å². The second kappa shape index (κ2) is 5.21. The van der Waals surface area contributed by atoms with E-state index in [1.165, 1.54) is 0 Å². The summed E-state index contributed by atoms with van der Waals surface area (Å²) in [5.41, 5.74) is 6.84. The molecule has 5 heteroatoms. The zero-order valence-corrected chi connectivity index (χ0v) is 8.67. The summed E-state index contributed by atoms with van der Waals surface area (Å²) >= 11 is 0. The Morgan fingerprint density at radius 2 is 2.27 bits per heavy atom. The third-order valence-corrected chi connectivity index (χ3v) is 1.92. The number of guanidine groups is 1. The fraction of sp³-hybridized carbons (Fsp3) is 0.300. The molecule has 0 aliphatic heterocycles. The molecule has 0 bridgehead atoms. The van der Waals surface area contributed by atoms with Crippen molar-refractivity contribution in [2.75, 3.05) is 11.9 Å². The first-order valence-corrected chi connectivity index (χ1v) is 4.78. The molecular formula is C10H16N4O. The number of phenolic OH excluding ortho intramolecular Hbond substituents is 1. The molecule has 1 aromatic carbocycles. The van der Waals surface area contributed by atoms with Gasteiger partial charge in [-0.3, -0.25) is 5.41 Å². The average molecular weight is 208 g/mol. The van der Waals surface area contributed by atoms with Crippen molar-refractivity contribution < 1.29 is 5.11 Å². The van der Waals surface area contributed by atoms with Gasteiger partial charge in [-0.15, -0.1) is 0 Å². The molecule has 0 fully saturated rings. The normalized spacial score (nSPS) is 9.73. The summed E-state index contributed by atoms with van der Waals surface area (Å²) in [6.07, 6.45) is 0. The van der Waals surface area contributed by atoms with Crippen LogP contribution in [-0.2, 0) is 6.54 Å². The Bertz CT molecular complexity index is 351. The minimum atomic E-state index is 0.179. The second-order valence-corrected chi connectivity index (χ2v) is 3.08. The summed E-state index contributed by atoms with van der Waals surface area (Å²) < 4.78 is 0. The Hall–Kier alpha value is -1.75. The lowest BCUT2D eigenvalue weighted by Gasteiger charge is -2.10. The van der Waals surface area contributed by atoms with Gasteiger partial charge in [-0.05, 0) is 25.1 Å². The lowest BCUT2D eigenvalue weighted by molar-refractivity contribution is 0.468. The van der Waals surface area contributed by atoms with Crippen LogP contribution in [0.25, 0.3) is 0 Å². The highest BCUT2D eigenvalue weighted by atomic mass is 16.3. The number of aromatic hydroxyl groups is 1. The van der Waals surface area contributed by atoms with Crippen molar-refractivity contribution in [2.24, 2.45) is 5.73 Å². The molecule has 1 aromatic rings. The molecular weight excluding hydrogens is 192 g/mol. The Balaban J connectivity index is 2.74. The van der Waals surface area contributed by atoms with Crippen molar-refractivity contribution in [1.82, 2.24) is 5.32 Å². The summed E-state index contributed by atoms with van der Waals surface area (Å²) in [5.74, 6) is 0.407. The van der Waals surface area contributed by atoms with Crippen molar-refractivity contribution in [3.05, 3.63) is 23.8 Å². The first-order chi connectivity index (χ1) is 7.17. The Morgan fingerprint density at radius 1 is 1.53 bits per heavy atom. The molecule has 1 rings (SSSR count). The molecule has 0 aromatic heterocycles. The van der Waals surface area contributed by atoms with Crippen LogP contribution in [0, 0.1) is 5.41 Å². The van der Waals surface area contributed by atoms with Gasteiger partial charge in [0.1, 0.15) is 5.75 Å². The topological polar surface area (TPSA) is 94.2 Å². The predicted octanol–water partition coefficient (Wildman–Crippen LogP) is 0.807. The van der Waals surface area contributed by atoms with Crippen LogP contribution in [0.5, 0.6) is 5.75 Å². The molecule has 0 saturated carbocycles. The van der Waals surface area contributed by atoms with Crippen LogP contribution >= 0.6 is 0 Å². The van der Waals surface area contributed by atoms with E-state index >= 15 is 0 Å². The largest absolute Gasteiger partial charge is 0.508 e. The fourth-order valence-electron chi connectivity index (χ4n) is 1.19. The van der Waals surface area contributed by atoms with Crippen LogP contribution in [0.4, 0.5) is 5.69 Å². The third-order valence-electron chi connectivity index (χ3n) is 1.92. The number of anilines is 1.